The third-order valence-corrected chi connectivity index (χ3v) is 6.77. The highest BCUT2D eigenvalue weighted by Crippen LogP contribution is 2.41. The summed E-state index contributed by atoms with van der Waals surface area (Å²) in [6.07, 6.45) is 0.467. The SMILES string of the molecule is CCOC(=O)c1ccc(-c2ccc([C@H]3NC(=O)c4c(sc5c4CCN(C)C5)N3)o2)cc1. The number of hydrogen-bond donors (Lipinski definition) is 2. The Balaban J connectivity index is 1.36. The van der Waals surface area contributed by atoms with Crippen LogP contribution in [-0.4, -0.2) is 37.0 Å². The highest BCUT2D eigenvalue weighted by atomic mass is 32.1. The van der Waals surface area contributed by atoms with E-state index in [1.807, 2.05) is 24.3 Å². The molecule has 160 valence electrons. The Morgan fingerprint density at radius 3 is 2.81 bits per heavy atom. The number of anilines is 1. The summed E-state index contributed by atoms with van der Waals surface area (Å²) in [7, 11) is 2.10. The van der Waals surface area contributed by atoms with E-state index < -0.39 is 6.17 Å². The van der Waals surface area contributed by atoms with Crippen molar-refractivity contribution < 1.29 is 18.7 Å². The van der Waals surface area contributed by atoms with E-state index in [9.17, 15) is 9.59 Å². The number of esters is 1. The molecule has 0 bridgehead atoms. The van der Waals surface area contributed by atoms with Crippen molar-refractivity contribution in [2.75, 3.05) is 25.5 Å². The Kier molecular flexibility index (Phi) is 5.03. The Morgan fingerprint density at radius 1 is 1.23 bits per heavy atom. The van der Waals surface area contributed by atoms with Crippen molar-refractivity contribution in [3.63, 3.8) is 0 Å². The summed E-state index contributed by atoms with van der Waals surface area (Å²) in [6, 6.07) is 10.8. The van der Waals surface area contributed by atoms with E-state index in [1.165, 1.54) is 10.4 Å². The van der Waals surface area contributed by atoms with Crippen molar-refractivity contribution in [3.8, 4) is 11.3 Å². The van der Waals surface area contributed by atoms with Gasteiger partial charge in [0.25, 0.3) is 5.91 Å². The third-order valence-electron chi connectivity index (χ3n) is 5.62. The fourth-order valence-electron chi connectivity index (χ4n) is 4.03. The lowest BCUT2D eigenvalue weighted by Gasteiger charge is -2.26. The van der Waals surface area contributed by atoms with Gasteiger partial charge in [-0.15, -0.1) is 11.3 Å². The zero-order valence-electron chi connectivity index (χ0n) is 17.4. The van der Waals surface area contributed by atoms with Crippen molar-refractivity contribution in [3.05, 3.63) is 63.7 Å². The van der Waals surface area contributed by atoms with E-state index in [0.717, 1.165) is 35.6 Å². The molecule has 2 aliphatic heterocycles. The molecule has 3 aromatic rings. The molecular weight excluding hydrogens is 414 g/mol. The summed E-state index contributed by atoms with van der Waals surface area (Å²) >= 11 is 1.66. The number of nitrogens with zero attached hydrogens (tertiary/aromatic N) is 1. The van der Waals surface area contributed by atoms with E-state index >= 15 is 0 Å². The fourth-order valence-corrected chi connectivity index (χ4v) is 5.39. The van der Waals surface area contributed by atoms with E-state index in [-0.39, 0.29) is 11.9 Å². The molecule has 7 nitrogen and oxygen atoms in total. The molecule has 0 saturated carbocycles. The molecular formula is C23H23N3O4S. The normalized spacial score (nSPS) is 18.0. The maximum atomic E-state index is 12.9. The smallest absolute Gasteiger partial charge is 0.338 e. The number of carbonyl (C=O) groups excluding carboxylic acids is 2. The van der Waals surface area contributed by atoms with Gasteiger partial charge in [0.2, 0.25) is 0 Å². The second kappa shape index (κ2) is 7.86. The van der Waals surface area contributed by atoms with Crippen molar-refractivity contribution in [2.24, 2.45) is 0 Å². The number of carbonyl (C=O) groups is 2. The molecule has 31 heavy (non-hydrogen) atoms. The number of ether oxygens (including phenoxy) is 1. The standard InChI is InChI=1S/C23H23N3O4S/c1-3-29-23(28)14-6-4-13(5-7-14)16-8-9-17(30-16)20-24-21(27)19-15-10-11-26(2)12-18(15)31-22(19)25-20/h4-9,20,25H,3,10-12H2,1-2H3,(H,24,27)/t20-/m0/s1. The van der Waals surface area contributed by atoms with Crippen LogP contribution in [0.2, 0.25) is 0 Å². The molecule has 0 saturated heterocycles. The van der Waals surface area contributed by atoms with Crippen LogP contribution in [0, 0.1) is 0 Å². The summed E-state index contributed by atoms with van der Waals surface area (Å²) in [5.41, 5.74) is 3.30. The van der Waals surface area contributed by atoms with Crippen LogP contribution >= 0.6 is 11.3 Å². The van der Waals surface area contributed by atoms with Crippen LogP contribution in [0.3, 0.4) is 0 Å². The van der Waals surface area contributed by atoms with Gasteiger partial charge in [0.1, 0.15) is 16.5 Å². The summed E-state index contributed by atoms with van der Waals surface area (Å²) in [4.78, 5) is 28.2. The largest absolute Gasteiger partial charge is 0.462 e. The first kappa shape index (κ1) is 19.8. The minimum absolute atomic E-state index is 0.0578. The number of likely N-dealkylation sites (N-methyl/N-ethyl adjacent to an activating group) is 1. The van der Waals surface area contributed by atoms with Crippen LogP contribution < -0.4 is 10.6 Å². The second-order valence-corrected chi connectivity index (χ2v) is 8.85. The molecule has 0 spiro atoms. The van der Waals surface area contributed by atoms with Crippen molar-refractivity contribution >= 4 is 28.2 Å². The zero-order chi connectivity index (χ0) is 21.5. The molecule has 1 amide bonds. The first-order valence-corrected chi connectivity index (χ1v) is 11.1. The lowest BCUT2D eigenvalue weighted by molar-refractivity contribution is 0.0526. The summed E-state index contributed by atoms with van der Waals surface area (Å²) in [6.45, 7) is 3.96. The van der Waals surface area contributed by atoms with Gasteiger partial charge in [0.05, 0.1) is 17.7 Å². The number of benzene rings is 1. The first-order valence-electron chi connectivity index (χ1n) is 10.3. The number of hydrogen-bond acceptors (Lipinski definition) is 7. The minimum Gasteiger partial charge on any atom is -0.462 e. The topological polar surface area (TPSA) is 83.8 Å². The number of rotatable bonds is 4. The van der Waals surface area contributed by atoms with Gasteiger partial charge in [-0.2, -0.15) is 0 Å². The zero-order valence-corrected chi connectivity index (χ0v) is 18.2. The van der Waals surface area contributed by atoms with Gasteiger partial charge < -0.3 is 24.7 Å². The predicted molar refractivity (Wildman–Crippen MR) is 118 cm³/mol. The molecule has 0 fully saturated rings. The Morgan fingerprint density at radius 2 is 2.03 bits per heavy atom. The molecule has 5 rings (SSSR count). The van der Waals surface area contributed by atoms with Crippen LogP contribution in [0.25, 0.3) is 11.3 Å². The molecule has 4 heterocycles. The maximum Gasteiger partial charge on any atom is 0.338 e. The number of fused-ring (bicyclic) bond motifs is 3. The summed E-state index contributed by atoms with van der Waals surface area (Å²) in [5.74, 6) is 0.896. The van der Waals surface area contributed by atoms with E-state index in [1.54, 1.807) is 30.4 Å². The van der Waals surface area contributed by atoms with E-state index in [4.69, 9.17) is 9.15 Å². The maximum absolute atomic E-state index is 12.9. The Hall–Kier alpha value is -3.10. The van der Waals surface area contributed by atoms with Gasteiger partial charge >= 0.3 is 5.97 Å². The second-order valence-electron chi connectivity index (χ2n) is 7.75. The van der Waals surface area contributed by atoms with Gasteiger partial charge in [0.15, 0.2) is 6.17 Å². The van der Waals surface area contributed by atoms with Gasteiger partial charge in [-0.25, -0.2) is 4.79 Å². The average Bonchev–Trinajstić information content (AvgIpc) is 3.38. The molecule has 0 unspecified atom stereocenters. The third kappa shape index (κ3) is 3.62. The summed E-state index contributed by atoms with van der Waals surface area (Å²) in [5, 5.41) is 7.37. The van der Waals surface area contributed by atoms with Crippen molar-refractivity contribution in [2.45, 2.75) is 26.1 Å². The monoisotopic (exact) mass is 437 g/mol. The molecule has 2 aliphatic rings. The van der Waals surface area contributed by atoms with Crippen LogP contribution in [-0.2, 0) is 17.7 Å². The van der Waals surface area contributed by atoms with Gasteiger partial charge in [0, 0.05) is 23.5 Å². The Labute approximate surface area is 184 Å². The first-order chi connectivity index (χ1) is 15.0. The number of furan rings is 1. The quantitative estimate of drug-likeness (QED) is 0.600. The van der Waals surface area contributed by atoms with Crippen LogP contribution in [0.4, 0.5) is 5.00 Å². The lowest BCUT2D eigenvalue weighted by Crippen LogP contribution is -2.38. The molecule has 1 aromatic carbocycles. The molecule has 2 aromatic heterocycles. The van der Waals surface area contributed by atoms with Gasteiger partial charge in [-0.3, -0.25) is 4.79 Å². The lowest BCUT2D eigenvalue weighted by atomic mass is 10.0. The number of nitrogens with one attached hydrogen (secondary N) is 2. The van der Waals surface area contributed by atoms with Crippen molar-refractivity contribution in [1.29, 1.82) is 0 Å². The highest BCUT2D eigenvalue weighted by molar-refractivity contribution is 7.16. The number of amides is 1. The molecule has 0 radical (unpaired) electrons. The van der Waals surface area contributed by atoms with E-state index in [0.29, 0.717) is 23.7 Å². The molecule has 8 heteroatoms. The summed E-state index contributed by atoms with van der Waals surface area (Å²) < 4.78 is 11.1. The van der Waals surface area contributed by atoms with E-state index in [2.05, 4.69) is 22.6 Å². The number of thiophene rings is 1. The van der Waals surface area contributed by atoms with Crippen LogP contribution in [0.1, 0.15) is 50.0 Å². The van der Waals surface area contributed by atoms with Gasteiger partial charge in [-0.1, -0.05) is 12.1 Å². The van der Waals surface area contributed by atoms with Crippen molar-refractivity contribution in [1.82, 2.24) is 10.2 Å². The predicted octanol–water partition coefficient (Wildman–Crippen LogP) is 4.03. The average molecular weight is 438 g/mol. The fraction of sp³-hybridized carbons (Fsp3) is 0.304. The van der Waals surface area contributed by atoms with Crippen LogP contribution in [0.15, 0.2) is 40.8 Å². The Bertz CT molecular complexity index is 1150. The molecule has 1 atom stereocenters. The highest BCUT2D eigenvalue weighted by Gasteiger charge is 2.33. The van der Waals surface area contributed by atoms with Gasteiger partial charge in [-0.05, 0) is 50.2 Å². The molecule has 0 aliphatic carbocycles. The molecule has 2 N–H and O–H groups in total. The van der Waals surface area contributed by atoms with Crippen LogP contribution in [0.5, 0.6) is 0 Å². The minimum atomic E-state index is -0.426.